The first-order valence-corrected chi connectivity index (χ1v) is 9.60. The molecule has 7 nitrogen and oxygen atoms in total. The number of nitrogens with one attached hydrogen (secondary N) is 2. The Morgan fingerprint density at radius 2 is 2.07 bits per heavy atom. The van der Waals surface area contributed by atoms with Crippen molar-refractivity contribution in [2.75, 3.05) is 39.3 Å². The highest BCUT2D eigenvalue weighted by Crippen LogP contribution is 2.11. The van der Waals surface area contributed by atoms with Gasteiger partial charge in [0.2, 0.25) is 5.91 Å². The number of likely N-dealkylation sites (N-methyl/N-ethyl adjacent to an activating group) is 1. The van der Waals surface area contributed by atoms with E-state index >= 15 is 0 Å². The number of rotatable bonds is 11. The molecule has 0 bridgehead atoms. The molecule has 2 rings (SSSR count). The van der Waals surface area contributed by atoms with Crippen LogP contribution >= 0.6 is 0 Å². The Labute approximate surface area is 164 Å². The van der Waals surface area contributed by atoms with Gasteiger partial charge >= 0.3 is 5.92 Å². The van der Waals surface area contributed by atoms with Crippen molar-refractivity contribution in [3.63, 3.8) is 0 Å². The first kappa shape index (κ1) is 22.2. The summed E-state index contributed by atoms with van der Waals surface area (Å²) < 4.78 is 25.8. The first-order valence-electron chi connectivity index (χ1n) is 9.60. The van der Waals surface area contributed by atoms with Gasteiger partial charge in [-0.15, -0.1) is 0 Å². The van der Waals surface area contributed by atoms with Crippen molar-refractivity contribution < 1.29 is 18.4 Å². The van der Waals surface area contributed by atoms with Crippen molar-refractivity contribution in [1.82, 2.24) is 25.4 Å². The second-order valence-electron chi connectivity index (χ2n) is 7.00. The molecule has 28 heavy (non-hydrogen) atoms. The first-order chi connectivity index (χ1) is 13.3. The lowest BCUT2D eigenvalue weighted by atomic mass is 10.2. The Hall–Kier alpha value is -2.13. The molecule has 1 aromatic rings. The molecule has 0 unspecified atom stereocenters. The quantitative estimate of drug-likeness (QED) is 0.583. The second-order valence-corrected chi connectivity index (χ2v) is 7.00. The van der Waals surface area contributed by atoms with Crippen LogP contribution in [0.1, 0.15) is 31.5 Å². The van der Waals surface area contributed by atoms with Crippen LogP contribution in [-0.2, 0) is 22.7 Å². The average Bonchev–Trinajstić information content (AvgIpc) is 2.61. The van der Waals surface area contributed by atoms with E-state index in [1.165, 1.54) is 6.42 Å². The molecule has 1 saturated heterocycles. The maximum atomic E-state index is 12.9. The van der Waals surface area contributed by atoms with Crippen LogP contribution in [0.3, 0.4) is 0 Å². The molecular formula is C19H29F2N5O2. The van der Waals surface area contributed by atoms with Gasteiger partial charge in [0.15, 0.2) is 0 Å². The molecule has 156 valence electrons. The molecule has 1 aromatic heterocycles. The zero-order valence-electron chi connectivity index (χ0n) is 16.5. The minimum absolute atomic E-state index is 0.00315. The third kappa shape index (κ3) is 7.12. The van der Waals surface area contributed by atoms with Crippen LogP contribution in [0.25, 0.3) is 0 Å². The van der Waals surface area contributed by atoms with Gasteiger partial charge in [0, 0.05) is 45.8 Å². The Kier molecular flexibility index (Phi) is 8.25. The van der Waals surface area contributed by atoms with E-state index in [4.69, 9.17) is 0 Å². The fourth-order valence-corrected chi connectivity index (χ4v) is 2.81. The van der Waals surface area contributed by atoms with Gasteiger partial charge in [0.1, 0.15) is 0 Å². The number of hydrogen-bond donors (Lipinski definition) is 2. The molecule has 0 aromatic carbocycles. The molecule has 2 N–H and O–H groups in total. The average molecular weight is 397 g/mol. The summed E-state index contributed by atoms with van der Waals surface area (Å²) in [5.74, 6) is -4.68. The van der Waals surface area contributed by atoms with Crippen molar-refractivity contribution >= 4 is 11.8 Å². The van der Waals surface area contributed by atoms with Crippen LogP contribution in [0, 0.1) is 0 Å². The minimum Gasteiger partial charge on any atom is -0.347 e. The number of carbonyl (C=O) groups is 2. The van der Waals surface area contributed by atoms with Gasteiger partial charge in [0.05, 0.1) is 12.2 Å². The zero-order chi connectivity index (χ0) is 20.6. The maximum Gasteiger partial charge on any atom is 0.321 e. The van der Waals surface area contributed by atoms with E-state index in [2.05, 4.69) is 20.5 Å². The molecule has 0 saturated carbocycles. The maximum absolute atomic E-state index is 12.9. The lowest BCUT2D eigenvalue weighted by Gasteiger charge is -2.33. The summed E-state index contributed by atoms with van der Waals surface area (Å²) in [6.07, 6.45) is 2.79. The van der Waals surface area contributed by atoms with Gasteiger partial charge < -0.3 is 20.4 Å². The smallest absolute Gasteiger partial charge is 0.321 e. The molecule has 1 aliphatic heterocycles. The Bertz CT molecular complexity index is 662. The Balaban J connectivity index is 1.74. The van der Waals surface area contributed by atoms with Crippen molar-refractivity contribution in [3.8, 4) is 0 Å². The van der Waals surface area contributed by atoms with Gasteiger partial charge in [-0.1, -0.05) is 0 Å². The molecule has 2 amide bonds. The molecule has 1 aliphatic rings. The van der Waals surface area contributed by atoms with Gasteiger partial charge in [-0.25, -0.2) is 0 Å². The van der Waals surface area contributed by atoms with Crippen LogP contribution in [0.2, 0.25) is 0 Å². The summed E-state index contributed by atoms with van der Waals surface area (Å²) in [5, 5.41) is 5.27. The number of nitrogens with zero attached hydrogens (tertiary/aromatic N) is 3. The highest BCUT2D eigenvalue weighted by atomic mass is 19.3. The van der Waals surface area contributed by atoms with Gasteiger partial charge in [-0.2, -0.15) is 8.78 Å². The van der Waals surface area contributed by atoms with Crippen molar-refractivity contribution in [2.45, 2.75) is 39.3 Å². The lowest BCUT2D eigenvalue weighted by molar-refractivity contribution is -0.143. The number of aromatic nitrogens is 1. The number of alkyl halides is 2. The molecule has 0 radical (unpaired) electrons. The van der Waals surface area contributed by atoms with Crippen LogP contribution in [-0.4, -0.2) is 71.8 Å². The number of pyridine rings is 1. The topological polar surface area (TPSA) is 77.6 Å². The number of hydrogen-bond acceptors (Lipinski definition) is 5. The molecule has 9 heteroatoms. The van der Waals surface area contributed by atoms with Crippen LogP contribution in [0.15, 0.2) is 18.3 Å². The van der Waals surface area contributed by atoms with E-state index in [1.54, 1.807) is 18.3 Å². The van der Waals surface area contributed by atoms with Crippen molar-refractivity contribution in [2.24, 2.45) is 0 Å². The Morgan fingerprint density at radius 3 is 2.68 bits per heavy atom. The van der Waals surface area contributed by atoms with Crippen LogP contribution in [0.4, 0.5) is 8.78 Å². The lowest BCUT2D eigenvalue weighted by Crippen LogP contribution is -2.45. The number of amides is 2. The minimum atomic E-state index is -3.40. The van der Waals surface area contributed by atoms with E-state index in [1.807, 2.05) is 11.8 Å². The summed E-state index contributed by atoms with van der Waals surface area (Å²) in [6.45, 7) is 7.64. The predicted octanol–water partition coefficient (Wildman–Crippen LogP) is 0.997. The third-order valence-corrected chi connectivity index (χ3v) is 4.68. The van der Waals surface area contributed by atoms with Crippen LogP contribution in [0.5, 0.6) is 0 Å². The molecule has 0 spiro atoms. The summed E-state index contributed by atoms with van der Waals surface area (Å²) in [4.78, 5) is 31.9. The standard InChI is InChI=1S/C19H29F2N5O2/c1-3-26(10-9-25-7-4-8-25)17(27)14-22-13-16-11-15(5-6-23-16)12-24-18(28)19(2,20)21/h5-6,11,22H,3-4,7-10,12-14H2,1-2H3,(H,24,28). The summed E-state index contributed by atoms with van der Waals surface area (Å²) in [6, 6.07) is 3.37. The van der Waals surface area contributed by atoms with Crippen LogP contribution < -0.4 is 10.6 Å². The molecule has 2 heterocycles. The van der Waals surface area contributed by atoms with E-state index in [9.17, 15) is 18.4 Å². The number of likely N-dealkylation sites (tertiary alicyclic amines) is 1. The summed E-state index contributed by atoms with van der Waals surface area (Å²) >= 11 is 0. The second kappa shape index (κ2) is 10.4. The highest BCUT2D eigenvalue weighted by Gasteiger charge is 2.31. The number of halogens is 2. The largest absolute Gasteiger partial charge is 0.347 e. The number of carbonyl (C=O) groups excluding carboxylic acids is 2. The van der Waals surface area contributed by atoms with Crippen molar-refractivity contribution in [1.29, 1.82) is 0 Å². The molecular weight excluding hydrogens is 368 g/mol. The highest BCUT2D eigenvalue weighted by molar-refractivity contribution is 5.82. The predicted molar refractivity (Wildman–Crippen MR) is 102 cm³/mol. The Morgan fingerprint density at radius 1 is 1.32 bits per heavy atom. The van der Waals surface area contributed by atoms with E-state index < -0.39 is 11.8 Å². The fraction of sp³-hybridized carbons (Fsp3) is 0.632. The van der Waals surface area contributed by atoms with Crippen molar-refractivity contribution in [3.05, 3.63) is 29.6 Å². The third-order valence-electron chi connectivity index (χ3n) is 4.68. The van der Waals surface area contributed by atoms with Gasteiger partial charge in [-0.05, 0) is 44.1 Å². The van der Waals surface area contributed by atoms with Gasteiger partial charge in [0.25, 0.3) is 5.91 Å². The summed E-state index contributed by atoms with van der Waals surface area (Å²) in [7, 11) is 0. The summed E-state index contributed by atoms with van der Waals surface area (Å²) in [5.41, 5.74) is 1.34. The molecule has 1 fully saturated rings. The molecule has 0 atom stereocenters. The SMILES string of the molecule is CCN(CCN1CCC1)C(=O)CNCc1cc(CNC(=O)C(C)(F)F)ccn1. The zero-order valence-corrected chi connectivity index (χ0v) is 16.5. The van der Waals surface area contributed by atoms with E-state index in [0.29, 0.717) is 31.3 Å². The van der Waals surface area contributed by atoms with E-state index in [-0.39, 0.29) is 19.0 Å². The molecule has 0 aliphatic carbocycles. The van der Waals surface area contributed by atoms with Gasteiger partial charge in [-0.3, -0.25) is 14.6 Å². The van der Waals surface area contributed by atoms with E-state index in [0.717, 1.165) is 26.2 Å². The monoisotopic (exact) mass is 397 g/mol. The fourth-order valence-electron chi connectivity index (χ4n) is 2.81. The normalized spacial score (nSPS) is 14.4.